The van der Waals surface area contributed by atoms with E-state index in [9.17, 15) is 57.9 Å². The van der Waals surface area contributed by atoms with Crippen LogP contribution in [0.5, 0.6) is 5.75 Å². The predicted molar refractivity (Wildman–Crippen MR) is 193 cm³/mol. The number of hydrogen-bond acceptors (Lipinski definition) is 5. The Balaban J connectivity index is 1.74. The molecule has 1 unspecified atom stereocenters. The van der Waals surface area contributed by atoms with Gasteiger partial charge < -0.3 is 13.9 Å². The molecule has 0 saturated carbocycles. The molecule has 1 atom stereocenters. The highest BCUT2D eigenvalue weighted by molar-refractivity contribution is 5.83. The summed E-state index contributed by atoms with van der Waals surface area (Å²) in [5, 5.41) is 0.0544. The third-order valence-electron chi connectivity index (χ3n) is 10.1. The van der Waals surface area contributed by atoms with E-state index in [-0.39, 0.29) is 17.4 Å². The van der Waals surface area contributed by atoms with Crippen molar-refractivity contribution in [2.45, 2.75) is 130 Å². The summed E-state index contributed by atoms with van der Waals surface area (Å²) in [6, 6.07) is 7.81. The summed E-state index contributed by atoms with van der Waals surface area (Å²) in [7, 11) is 0. The summed E-state index contributed by atoms with van der Waals surface area (Å²) in [6.45, 7) is 10.9. The molecule has 1 heterocycles. The number of carbonyl (C=O) groups excluding carboxylic acids is 1. The second kappa shape index (κ2) is 16.8. The van der Waals surface area contributed by atoms with Crippen LogP contribution in [0.2, 0.25) is 0 Å². The average Bonchev–Trinajstić information content (AvgIpc) is 3.06. The monoisotopic (exact) mass is 830 g/mol. The Morgan fingerprint density at radius 1 is 0.702 bits per heavy atom. The molecule has 16 heteroatoms. The van der Waals surface area contributed by atoms with Gasteiger partial charge in [0.1, 0.15) is 11.3 Å². The van der Waals surface area contributed by atoms with Crippen molar-refractivity contribution in [1.82, 2.24) is 0 Å². The average molecular weight is 831 g/mol. The van der Waals surface area contributed by atoms with Crippen LogP contribution < -0.4 is 10.4 Å². The van der Waals surface area contributed by atoms with Gasteiger partial charge >= 0.3 is 41.5 Å². The maximum atomic E-state index is 14.7. The van der Waals surface area contributed by atoms with Gasteiger partial charge in [-0.15, -0.1) is 0 Å². The summed E-state index contributed by atoms with van der Waals surface area (Å²) in [4.78, 5) is 25.8. The Labute approximate surface area is 324 Å². The van der Waals surface area contributed by atoms with Crippen molar-refractivity contribution < 1.29 is 67.0 Å². The highest BCUT2D eigenvalue weighted by atomic mass is 19.4. The first kappa shape index (κ1) is 47.5. The summed E-state index contributed by atoms with van der Waals surface area (Å²) >= 11 is 0. The molecule has 0 radical (unpaired) electrons. The molecule has 0 spiro atoms. The standard InChI is InChI=1S/C41H49F11O5/c1-9-10-11-12-25-13-16-28(30(21-25)39(46,47)48)29-22-26-14-15-27(23-31(26)57-32(29)53)55-19-17-37(42,43)40(49,50)41(51,52)38(44,45)18-20-56-33(54)36(8,35(5,6)7)24-34(2,3)4/h13-16,21-23H,9-12,17-20,24H2,1-8H3. The molecule has 3 rings (SSSR count). The Morgan fingerprint density at radius 3 is 1.81 bits per heavy atom. The van der Waals surface area contributed by atoms with E-state index in [0.29, 0.717) is 18.4 Å². The molecule has 3 aromatic rings. The van der Waals surface area contributed by atoms with Gasteiger partial charge in [-0.1, -0.05) is 73.4 Å². The number of hydrogen-bond donors (Lipinski definition) is 0. The van der Waals surface area contributed by atoms with Crippen molar-refractivity contribution in [2.24, 2.45) is 16.2 Å². The fourth-order valence-corrected chi connectivity index (χ4v) is 6.37. The Bertz CT molecular complexity index is 1920. The topological polar surface area (TPSA) is 65.7 Å². The van der Waals surface area contributed by atoms with Crippen LogP contribution in [0.25, 0.3) is 22.1 Å². The normalized spacial score (nSPS) is 14.8. The van der Waals surface area contributed by atoms with Crippen molar-refractivity contribution in [1.29, 1.82) is 0 Å². The van der Waals surface area contributed by atoms with Crippen LogP contribution in [0.1, 0.15) is 105 Å². The molecule has 0 aliphatic rings. The van der Waals surface area contributed by atoms with E-state index in [0.717, 1.165) is 49.2 Å². The molecule has 1 aromatic heterocycles. The number of benzene rings is 2. The summed E-state index contributed by atoms with van der Waals surface area (Å²) in [6.07, 6.45) is -6.30. The van der Waals surface area contributed by atoms with Gasteiger partial charge in [0.15, 0.2) is 0 Å². The number of aryl methyl sites for hydroxylation is 1. The molecular formula is C41H49F11O5. The van der Waals surface area contributed by atoms with E-state index >= 15 is 0 Å². The van der Waals surface area contributed by atoms with Crippen molar-refractivity contribution >= 4 is 16.9 Å². The molecule has 0 saturated heterocycles. The zero-order valence-corrected chi connectivity index (χ0v) is 33.1. The van der Waals surface area contributed by atoms with Gasteiger partial charge in [-0.05, 0) is 66.8 Å². The summed E-state index contributed by atoms with van der Waals surface area (Å²) in [5.74, 6) is -26.2. The van der Waals surface area contributed by atoms with E-state index < -0.39 is 106 Å². The largest absolute Gasteiger partial charge is 0.493 e. The molecule has 5 nitrogen and oxygen atoms in total. The molecular weight excluding hydrogens is 781 g/mol. The Morgan fingerprint density at radius 2 is 1.28 bits per heavy atom. The summed E-state index contributed by atoms with van der Waals surface area (Å²) in [5.41, 5.74) is -5.66. The smallest absolute Gasteiger partial charge is 0.417 e. The lowest BCUT2D eigenvalue weighted by atomic mass is 9.61. The van der Waals surface area contributed by atoms with Gasteiger partial charge in [-0.3, -0.25) is 4.79 Å². The van der Waals surface area contributed by atoms with Crippen LogP contribution in [0.15, 0.2) is 51.7 Å². The second-order valence-electron chi connectivity index (χ2n) is 16.8. The molecule has 0 aliphatic carbocycles. The van der Waals surface area contributed by atoms with Crippen LogP contribution >= 0.6 is 0 Å². The Kier molecular flexibility index (Phi) is 14.0. The maximum Gasteiger partial charge on any atom is 0.417 e. The fraction of sp³-hybridized carbons (Fsp3) is 0.610. The van der Waals surface area contributed by atoms with Gasteiger partial charge in [0.05, 0.1) is 42.6 Å². The van der Waals surface area contributed by atoms with E-state index in [1.807, 2.05) is 6.92 Å². The number of halogens is 11. The van der Waals surface area contributed by atoms with Crippen molar-refractivity contribution in [3.05, 3.63) is 64.0 Å². The molecule has 0 N–H and O–H groups in total. The first-order valence-corrected chi connectivity index (χ1v) is 18.4. The highest BCUT2D eigenvalue weighted by Gasteiger charge is 2.79. The van der Waals surface area contributed by atoms with E-state index in [4.69, 9.17) is 13.9 Å². The second-order valence-corrected chi connectivity index (χ2v) is 16.8. The minimum atomic E-state index is -6.61. The number of rotatable bonds is 17. The maximum absolute atomic E-state index is 14.7. The quantitative estimate of drug-likeness (QED) is 0.0587. The molecule has 0 amide bonds. The third-order valence-corrected chi connectivity index (χ3v) is 10.1. The van der Waals surface area contributed by atoms with Crippen molar-refractivity contribution in [3.63, 3.8) is 0 Å². The van der Waals surface area contributed by atoms with Gasteiger partial charge in [-0.25, -0.2) is 4.79 Å². The highest BCUT2D eigenvalue weighted by Crippen LogP contribution is 2.55. The molecule has 2 aromatic carbocycles. The molecule has 0 bridgehead atoms. The summed E-state index contributed by atoms with van der Waals surface area (Å²) < 4.78 is 175. The van der Waals surface area contributed by atoms with E-state index in [1.165, 1.54) is 13.0 Å². The first-order valence-electron chi connectivity index (χ1n) is 18.4. The van der Waals surface area contributed by atoms with Crippen LogP contribution in [0.3, 0.4) is 0 Å². The lowest BCUT2D eigenvalue weighted by Gasteiger charge is -2.43. The van der Waals surface area contributed by atoms with Crippen LogP contribution in [-0.4, -0.2) is 42.9 Å². The van der Waals surface area contributed by atoms with E-state index in [2.05, 4.69) is 0 Å². The van der Waals surface area contributed by atoms with Crippen LogP contribution in [0, 0.1) is 16.2 Å². The lowest BCUT2D eigenvalue weighted by Crippen LogP contribution is -2.62. The first-order chi connectivity index (χ1) is 25.8. The van der Waals surface area contributed by atoms with Gasteiger partial charge in [0, 0.05) is 17.0 Å². The number of ether oxygens (including phenoxy) is 2. The Hall–Kier alpha value is -3.85. The zero-order chi connectivity index (χ0) is 43.6. The van der Waals surface area contributed by atoms with E-state index in [1.54, 1.807) is 41.5 Å². The van der Waals surface area contributed by atoms with Gasteiger partial charge in [-0.2, -0.15) is 48.3 Å². The van der Waals surface area contributed by atoms with Crippen molar-refractivity contribution in [3.8, 4) is 16.9 Å². The zero-order valence-electron chi connectivity index (χ0n) is 33.1. The number of unbranched alkanes of at least 4 members (excludes halogenated alkanes) is 2. The minimum Gasteiger partial charge on any atom is -0.493 e. The fourth-order valence-electron chi connectivity index (χ4n) is 6.37. The van der Waals surface area contributed by atoms with Crippen molar-refractivity contribution in [2.75, 3.05) is 13.2 Å². The predicted octanol–water partition coefficient (Wildman–Crippen LogP) is 12.9. The minimum absolute atomic E-state index is 0.0544. The van der Waals surface area contributed by atoms with Crippen LogP contribution in [-0.2, 0) is 22.1 Å². The molecule has 57 heavy (non-hydrogen) atoms. The van der Waals surface area contributed by atoms with Gasteiger partial charge in [0.25, 0.3) is 0 Å². The SMILES string of the molecule is CCCCCc1ccc(-c2cc3ccc(OCCC(F)(F)C(F)(F)C(F)(F)C(F)(F)CCOC(=O)C(C)(CC(C)(C)C)C(C)(C)C)cc3oc2=O)c(C(F)(F)F)c1. The molecule has 0 fully saturated rings. The lowest BCUT2D eigenvalue weighted by molar-refractivity contribution is -0.369. The number of fused-ring (bicyclic) bond motifs is 1. The molecule has 0 aliphatic heterocycles. The third kappa shape index (κ3) is 10.6. The number of alkyl halides is 11. The van der Waals surface area contributed by atoms with Gasteiger partial charge in [0.2, 0.25) is 0 Å². The number of esters is 1. The molecule has 320 valence electrons. The van der Waals surface area contributed by atoms with Crippen LogP contribution in [0.4, 0.5) is 48.3 Å². The number of carbonyl (C=O) groups is 1.